The number of hydrogen-bond acceptors (Lipinski definition) is 5. The van der Waals surface area contributed by atoms with Crippen molar-refractivity contribution < 1.29 is 24.3 Å². The Morgan fingerprint density at radius 3 is 2.21 bits per heavy atom. The number of likely N-dealkylation sites (N-methyl/N-ethyl adjacent to an activating group) is 1. The zero-order chi connectivity index (χ0) is 31.7. The summed E-state index contributed by atoms with van der Waals surface area (Å²) in [5.41, 5.74) is 2.10. The number of ketones is 1. The van der Waals surface area contributed by atoms with Gasteiger partial charge in [-0.25, -0.2) is 4.79 Å². The highest BCUT2D eigenvalue weighted by Gasteiger charge is 2.35. The Balaban J connectivity index is 1.90. The van der Waals surface area contributed by atoms with Crippen molar-refractivity contribution in [3.63, 3.8) is 0 Å². The van der Waals surface area contributed by atoms with Gasteiger partial charge in [0.15, 0.2) is 5.78 Å². The first-order valence-electron chi connectivity index (χ1n) is 15.4. The number of likely N-dealkylation sites (tertiary alicyclic amines) is 1. The Morgan fingerprint density at radius 1 is 1.00 bits per heavy atom. The van der Waals surface area contributed by atoms with Gasteiger partial charge in [0.05, 0.1) is 12.1 Å². The van der Waals surface area contributed by atoms with Crippen molar-refractivity contribution in [3.05, 3.63) is 82.9 Å². The van der Waals surface area contributed by atoms with Crippen molar-refractivity contribution >= 4 is 23.6 Å². The first-order chi connectivity index (χ1) is 20.4. The van der Waals surface area contributed by atoms with E-state index in [0.29, 0.717) is 11.1 Å². The smallest absolute Gasteiger partial charge is 0.331 e. The van der Waals surface area contributed by atoms with E-state index in [2.05, 4.69) is 24.1 Å². The molecule has 1 fully saturated rings. The minimum Gasteiger partial charge on any atom is -0.478 e. The van der Waals surface area contributed by atoms with E-state index in [1.165, 1.54) is 6.92 Å². The van der Waals surface area contributed by atoms with Crippen LogP contribution in [0.25, 0.3) is 0 Å². The molecule has 1 saturated heterocycles. The zero-order valence-corrected chi connectivity index (χ0v) is 26.4. The maximum Gasteiger partial charge on any atom is 0.331 e. The second-order valence-electron chi connectivity index (χ2n) is 12.0. The molecule has 232 valence electrons. The summed E-state index contributed by atoms with van der Waals surface area (Å²) in [6.45, 7) is 10.5. The molecule has 4 atom stereocenters. The van der Waals surface area contributed by atoms with Crippen LogP contribution < -0.4 is 5.32 Å². The molecule has 0 aromatic heterocycles. The number of carbonyl (C=O) groups is 4. The van der Waals surface area contributed by atoms with E-state index in [-0.39, 0.29) is 47.6 Å². The summed E-state index contributed by atoms with van der Waals surface area (Å²) in [6, 6.07) is 14.8. The Morgan fingerprint density at radius 2 is 1.63 bits per heavy atom. The lowest BCUT2D eigenvalue weighted by atomic mass is 9.95. The molecule has 3 rings (SSSR count). The summed E-state index contributed by atoms with van der Waals surface area (Å²) in [6.07, 6.45) is 5.48. The number of amides is 2. The van der Waals surface area contributed by atoms with Crippen LogP contribution in [-0.4, -0.2) is 76.2 Å². The van der Waals surface area contributed by atoms with Gasteiger partial charge < -0.3 is 15.3 Å². The topological polar surface area (TPSA) is 107 Å². The normalized spacial score (nSPS) is 18.0. The number of nitrogens with one attached hydrogen (secondary N) is 1. The third-order valence-electron chi connectivity index (χ3n) is 8.55. The molecule has 43 heavy (non-hydrogen) atoms. The Bertz CT molecular complexity index is 1290. The molecule has 0 bridgehead atoms. The van der Waals surface area contributed by atoms with Crippen LogP contribution >= 0.6 is 0 Å². The molecular weight excluding hydrogens is 542 g/mol. The third kappa shape index (κ3) is 8.86. The first-order valence-corrected chi connectivity index (χ1v) is 15.4. The van der Waals surface area contributed by atoms with Gasteiger partial charge in [0, 0.05) is 36.2 Å². The Kier molecular flexibility index (Phi) is 12.2. The lowest BCUT2D eigenvalue weighted by Crippen LogP contribution is -2.58. The molecule has 0 spiro atoms. The molecule has 2 N–H and O–H groups in total. The van der Waals surface area contributed by atoms with Crippen molar-refractivity contribution in [2.45, 2.75) is 90.9 Å². The number of rotatable bonds is 13. The molecule has 8 heteroatoms. The van der Waals surface area contributed by atoms with Gasteiger partial charge >= 0.3 is 5.97 Å². The van der Waals surface area contributed by atoms with Gasteiger partial charge in [0.2, 0.25) is 11.8 Å². The summed E-state index contributed by atoms with van der Waals surface area (Å²) in [7, 11) is 1.66. The van der Waals surface area contributed by atoms with Crippen LogP contribution in [0.3, 0.4) is 0 Å². The fraction of sp³-hybridized carbons (Fsp3) is 0.486. The standard InChI is InChI=1S/C35H47N3O5/c1-7-25(5)38-20-12-11-15-30(38)33(40)36-29(34(41)37(6)31(23(2)3)21-24(4)35(42)43)22-26-16-18-28(19-17-26)32(39)27-13-9-8-10-14-27/h8-10,13-14,16-19,21,23,25,29-31H,7,11-12,15,20,22H2,1-6H3,(H,36,40)(H,42,43)/t25?,29-,30?,31+/m0/s1. The van der Waals surface area contributed by atoms with E-state index in [1.807, 2.05) is 44.2 Å². The summed E-state index contributed by atoms with van der Waals surface area (Å²) in [5.74, 6) is -1.64. The molecule has 1 aliphatic heterocycles. The summed E-state index contributed by atoms with van der Waals surface area (Å²) < 4.78 is 0. The highest BCUT2D eigenvalue weighted by Crippen LogP contribution is 2.22. The first kappa shape index (κ1) is 33.7. The van der Waals surface area contributed by atoms with Crippen molar-refractivity contribution in [1.29, 1.82) is 0 Å². The molecule has 0 radical (unpaired) electrons. The second-order valence-corrected chi connectivity index (χ2v) is 12.0. The van der Waals surface area contributed by atoms with Crippen LogP contribution in [0.15, 0.2) is 66.2 Å². The van der Waals surface area contributed by atoms with E-state index >= 15 is 0 Å². The van der Waals surface area contributed by atoms with Gasteiger partial charge in [0.1, 0.15) is 6.04 Å². The monoisotopic (exact) mass is 589 g/mol. The molecule has 2 aromatic carbocycles. The molecule has 0 saturated carbocycles. The average Bonchev–Trinajstić information content (AvgIpc) is 3.02. The number of piperidine rings is 1. The van der Waals surface area contributed by atoms with Crippen LogP contribution in [-0.2, 0) is 20.8 Å². The number of hydrogen-bond donors (Lipinski definition) is 2. The molecule has 2 aromatic rings. The van der Waals surface area contributed by atoms with E-state index in [4.69, 9.17) is 0 Å². The molecule has 1 aliphatic rings. The quantitative estimate of drug-likeness (QED) is 0.248. The lowest BCUT2D eigenvalue weighted by molar-refractivity contribution is -0.139. The number of carbonyl (C=O) groups excluding carboxylic acids is 3. The Labute approximate surface area is 256 Å². The minimum absolute atomic E-state index is 0.0536. The number of nitrogens with zero attached hydrogens (tertiary/aromatic N) is 2. The number of carboxylic acid groups (broad SMARTS) is 1. The Hall–Kier alpha value is -3.78. The summed E-state index contributed by atoms with van der Waals surface area (Å²) in [4.78, 5) is 56.1. The SMILES string of the molecule is CCC(C)N1CCCCC1C(=O)N[C@@H](Cc1ccc(C(=O)c2ccccc2)cc1)C(=O)N(C)[C@H](C=C(C)C(=O)O)C(C)C. The van der Waals surface area contributed by atoms with Crippen LogP contribution in [0.4, 0.5) is 0 Å². The molecule has 2 amide bonds. The fourth-order valence-electron chi connectivity index (χ4n) is 5.72. The van der Waals surface area contributed by atoms with Crippen LogP contribution in [0.5, 0.6) is 0 Å². The van der Waals surface area contributed by atoms with Crippen molar-refractivity contribution in [3.8, 4) is 0 Å². The predicted octanol–water partition coefficient (Wildman–Crippen LogP) is 5.11. The van der Waals surface area contributed by atoms with Gasteiger partial charge in [-0.2, -0.15) is 0 Å². The van der Waals surface area contributed by atoms with Gasteiger partial charge in [0.25, 0.3) is 0 Å². The van der Waals surface area contributed by atoms with Crippen LogP contribution in [0.1, 0.15) is 81.8 Å². The average molecular weight is 590 g/mol. The number of benzene rings is 2. The summed E-state index contributed by atoms with van der Waals surface area (Å²) in [5, 5.41) is 12.5. The molecule has 2 unspecified atom stereocenters. The zero-order valence-electron chi connectivity index (χ0n) is 26.4. The molecular formula is C35H47N3O5. The van der Waals surface area contributed by atoms with Gasteiger partial charge in [-0.1, -0.05) is 87.9 Å². The second kappa shape index (κ2) is 15.6. The van der Waals surface area contributed by atoms with E-state index < -0.39 is 18.1 Å². The van der Waals surface area contributed by atoms with Crippen LogP contribution in [0.2, 0.25) is 0 Å². The highest BCUT2D eigenvalue weighted by atomic mass is 16.4. The van der Waals surface area contributed by atoms with E-state index in [9.17, 15) is 24.3 Å². The van der Waals surface area contributed by atoms with Crippen molar-refractivity contribution in [2.75, 3.05) is 13.6 Å². The van der Waals surface area contributed by atoms with Gasteiger partial charge in [-0.3, -0.25) is 19.3 Å². The largest absolute Gasteiger partial charge is 0.478 e. The molecule has 0 aliphatic carbocycles. The molecule has 8 nitrogen and oxygen atoms in total. The maximum atomic E-state index is 14.1. The van der Waals surface area contributed by atoms with Crippen molar-refractivity contribution in [2.24, 2.45) is 5.92 Å². The predicted molar refractivity (Wildman–Crippen MR) is 169 cm³/mol. The van der Waals surface area contributed by atoms with Crippen molar-refractivity contribution in [1.82, 2.24) is 15.1 Å². The van der Waals surface area contributed by atoms with Gasteiger partial charge in [-0.05, 0) is 51.1 Å². The number of aliphatic carboxylic acids is 1. The van der Waals surface area contributed by atoms with Gasteiger partial charge in [-0.15, -0.1) is 0 Å². The fourth-order valence-corrected chi connectivity index (χ4v) is 5.72. The molecule has 1 heterocycles. The lowest BCUT2D eigenvalue weighted by Gasteiger charge is -2.39. The third-order valence-corrected chi connectivity index (χ3v) is 8.55. The minimum atomic E-state index is -1.04. The van der Waals surface area contributed by atoms with E-state index in [0.717, 1.165) is 37.8 Å². The maximum absolute atomic E-state index is 14.1. The van der Waals surface area contributed by atoms with E-state index in [1.54, 1.807) is 42.3 Å². The number of carboxylic acids is 1. The summed E-state index contributed by atoms with van der Waals surface area (Å²) >= 11 is 0. The highest BCUT2D eigenvalue weighted by molar-refractivity contribution is 6.09. The van der Waals surface area contributed by atoms with Crippen LogP contribution in [0, 0.1) is 5.92 Å².